The standard InChI is InChI=1S/C21H34O4/c1-2-3-4-7-10-18(22)15-13-17-14-16-20(23)19(17)11-8-5-6-9-12-21(24)25/h5,8,13,15,17-19,22H,2-4,6-7,9-12,14,16H2,1H3,(H,24,25)/b8-5+,15-13+. The van der Waals surface area contributed by atoms with Crippen LogP contribution in [0.4, 0.5) is 0 Å². The number of aliphatic carboxylic acids is 1. The monoisotopic (exact) mass is 350 g/mol. The van der Waals surface area contributed by atoms with E-state index >= 15 is 0 Å². The Morgan fingerprint density at radius 1 is 1.24 bits per heavy atom. The van der Waals surface area contributed by atoms with Gasteiger partial charge in [-0.15, -0.1) is 0 Å². The number of rotatable bonds is 13. The zero-order valence-corrected chi connectivity index (χ0v) is 15.5. The molecule has 3 atom stereocenters. The molecule has 0 saturated heterocycles. The van der Waals surface area contributed by atoms with E-state index in [1.165, 1.54) is 19.3 Å². The highest BCUT2D eigenvalue weighted by molar-refractivity contribution is 5.83. The first-order valence-electron chi connectivity index (χ1n) is 9.80. The average Bonchev–Trinajstić information content (AvgIpc) is 2.93. The maximum absolute atomic E-state index is 12.1. The van der Waals surface area contributed by atoms with E-state index in [0.717, 1.165) is 25.7 Å². The van der Waals surface area contributed by atoms with Crippen molar-refractivity contribution >= 4 is 11.8 Å². The van der Waals surface area contributed by atoms with E-state index < -0.39 is 12.1 Å². The molecule has 0 aromatic carbocycles. The summed E-state index contributed by atoms with van der Waals surface area (Å²) in [6.07, 6.45) is 16.7. The number of aliphatic hydroxyl groups excluding tert-OH is 1. The topological polar surface area (TPSA) is 74.6 Å². The van der Waals surface area contributed by atoms with Crippen molar-refractivity contribution in [2.75, 3.05) is 0 Å². The van der Waals surface area contributed by atoms with Gasteiger partial charge in [0, 0.05) is 18.8 Å². The van der Waals surface area contributed by atoms with E-state index in [4.69, 9.17) is 5.11 Å². The zero-order chi connectivity index (χ0) is 18.5. The summed E-state index contributed by atoms with van der Waals surface area (Å²) in [5.74, 6) is -0.221. The molecule has 0 aromatic rings. The molecule has 1 rings (SSSR count). The number of carboxylic acid groups (broad SMARTS) is 1. The number of carbonyl (C=O) groups is 2. The van der Waals surface area contributed by atoms with Crippen LogP contribution < -0.4 is 0 Å². The average molecular weight is 350 g/mol. The summed E-state index contributed by atoms with van der Waals surface area (Å²) in [5, 5.41) is 18.6. The Hall–Kier alpha value is -1.42. The Morgan fingerprint density at radius 3 is 2.76 bits per heavy atom. The molecule has 0 aliphatic heterocycles. The summed E-state index contributed by atoms with van der Waals surface area (Å²) in [6, 6.07) is 0. The van der Waals surface area contributed by atoms with Crippen LogP contribution in [0.15, 0.2) is 24.3 Å². The Kier molecular flexibility index (Phi) is 11.1. The minimum atomic E-state index is -0.766. The van der Waals surface area contributed by atoms with E-state index in [-0.39, 0.29) is 18.3 Å². The molecule has 4 heteroatoms. The van der Waals surface area contributed by atoms with Gasteiger partial charge in [0.05, 0.1) is 6.10 Å². The van der Waals surface area contributed by atoms with Gasteiger partial charge in [-0.25, -0.2) is 0 Å². The molecule has 3 unspecified atom stereocenters. The SMILES string of the molecule is CCCCCCC(O)/C=C/C1CCC(=O)C1C/C=C/CCCC(=O)O. The van der Waals surface area contributed by atoms with E-state index in [2.05, 4.69) is 6.92 Å². The molecule has 1 aliphatic carbocycles. The first-order valence-corrected chi connectivity index (χ1v) is 9.80. The lowest BCUT2D eigenvalue weighted by Gasteiger charge is -2.13. The summed E-state index contributed by atoms with van der Waals surface area (Å²) >= 11 is 0. The molecule has 0 radical (unpaired) electrons. The lowest BCUT2D eigenvalue weighted by atomic mass is 9.91. The number of carboxylic acids is 1. The summed E-state index contributed by atoms with van der Waals surface area (Å²) in [5.41, 5.74) is 0. The van der Waals surface area contributed by atoms with Gasteiger partial charge in [0.25, 0.3) is 0 Å². The second-order valence-corrected chi connectivity index (χ2v) is 7.07. The third kappa shape index (κ3) is 9.59. The van der Waals surface area contributed by atoms with E-state index in [1.807, 2.05) is 24.3 Å². The third-order valence-electron chi connectivity index (χ3n) is 4.91. The largest absolute Gasteiger partial charge is 0.481 e. The zero-order valence-electron chi connectivity index (χ0n) is 15.5. The summed E-state index contributed by atoms with van der Waals surface area (Å²) in [6.45, 7) is 2.17. The number of unbranched alkanes of at least 4 members (excludes halogenated alkanes) is 4. The molecule has 0 spiro atoms. The van der Waals surface area contributed by atoms with Crippen molar-refractivity contribution in [1.82, 2.24) is 0 Å². The van der Waals surface area contributed by atoms with Crippen molar-refractivity contribution in [2.24, 2.45) is 11.8 Å². The Morgan fingerprint density at radius 2 is 2.04 bits per heavy atom. The van der Waals surface area contributed by atoms with E-state index in [9.17, 15) is 14.7 Å². The molecule has 142 valence electrons. The van der Waals surface area contributed by atoms with Crippen molar-refractivity contribution < 1.29 is 19.8 Å². The first-order chi connectivity index (χ1) is 12.0. The van der Waals surface area contributed by atoms with Gasteiger partial charge >= 0.3 is 5.97 Å². The third-order valence-corrected chi connectivity index (χ3v) is 4.91. The second kappa shape index (κ2) is 12.9. The maximum atomic E-state index is 12.1. The van der Waals surface area contributed by atoms with Gasteiger partial charge in [0.1, 0.15) is 5.78 Å². The molecule has 1 aliphatic rings. The van der Waals surface area contributed by atoms with Crippen LogP contribution >= 0.6 is 0 Å². The fraction of sp³-hybridized carbons (Fsp3) is 0.714. The number of hydrogen-bond acceptors (Lipinski definition) is 3. The predicted molar refractivity (Wildman–Crippen MR) is 100 cm³/mol. The van der Waals surface area contributed by atoms with Crippen LogP contribution in [0.2, 0.25) is 0 Å². The fourth-order valence-electron chi connectivity index (χ4n) is 3.35. The first kappa shape index (κ1) is 21.6. The molecule has 25 heavy (non-hydrogen) atoms. The van der Waals surface area contributed by atoms with Gasteiger partial charge in [-0.2, -0.15) is 0 Å². The molecule has 0 amide bonds. The van der Waals surface area contributed by atoms with Crippen LogP contribution in [0.1, 0.15) is 77.6 Å². The van der Waals surface area contributed by atoms with E-state index in [1.54, 1.807) is 0 Å². The molecular formula is C21H34O4. The van der Waals surface area contributed by atoms with Crippen LogP contribution in [0, 0.1) is 11.8 Å². The molecule has 2 N–H and O–H groups in total. The highest BCUT2D eigenvalue weighted by atomic mass is 16.4. The van der Waals surface area contributed by atoms with Crippen LogP contribution in [-0.4, -0.2) is 28.1 Å². The number of aliphatic hydroxyl groups is 1. The Bertz CT molecular complexity index is 453. The number of carbonyl (C=O) groups excluding carboxylic acids is 1. The molecule has 0 bridgehead atoms. The highest BCUT2D eigenvalue weighted by Gasteiger charge is 2.31. The smallest absolute Gasteiger partial charge is 0.303 e. The Labute approximate surface area is 152 Å². The molecular weight excluding hydrogens is 316 g/mol. The summed E-state index contributed by atoms with van der Waals surface area (Å²) in [4.78, 5) is 22.5. The van der Waals surface area contributed by atoms with Gasteiger partial charge in [-0.3, -0.25) is 9.59 Å². The molecule has 4 nitrogen and oxygen atoms in total. The highest BCUT2D eigenvalue weighted by Crippen LogP contribution is 2.33. The molecule has 0 aromatic heterocycles. The lowest BCUT2D eigenvalue weighted by Crippen LogP contribution is -2.13. The number of Topliss-reactive ketones (excluding diaryl/α,β-unsaturated/α-hetero) is 1. The van der Waals surface area contributed by atoms with Crippen molar-refractivity contribution in [3.63, 3.8) is 0 Å². The van der Waals surface area contributed by atoms with Crippen LogP contribution in [0.25, 0.3) is 0 Å². The van der Waals surface area contributed by atoms with Gasteiger partial charge in [0.15, 0.2) is 0 Å². The van der Waals surface area contributed by atoms with E-state index in [0.29, 0.717) is 25.0 Å². The Balaban J connectivity index is 2.34. The molecule has 0 heterocycles. The number of hydrogen-bond donors (Lipinski definition) is 2. The van der Waals surface area contributed by atoms with Crippen LogP contribution in [0.3, 0.4) is 0 Å². The lowest BCUT2D eigenvalue weighted by molar-refractivity contribution is -0.137. The van der Waals surface area contributed by atoms with Gasteiger partial charge in [-0.05, 0) is 38.0 Å². The van der Waals surface area contributed by atoms with Crippen molar-refractivity contribution in [3.05, 3.63) is 24.3 Å². The second-order valence-electron chi connectivity index (χ2n) is 7.07. The fourth-order valence-corrected chi connectivity index (χ4v) is 3.35. The summed E-state index contributed by atoms with van der Waals surface area (Å²) < 4.78 is 0. The van der Waals surface area contributed by atoms with Crippen molar-refractivity contribution in [1.29, 1.82) is 0 Å². The van der Waals surface area contributed by atoms with Crippen LogP contribution in [0.5, 0.6) is 0 Å². The van der Waals surface area contributed by atoms with Crippen LogP contribution in [-0.2, 0) is 9.59 Å². The van der Waals surface area contributed by atoms with Crippen molar-refractivity contribution in [2.45, 2.75) is 83.7 Å². The number of allylic oxidation sites excluding steroid dienone is 3. The molecule has 1 fully saturated rings. The number of ketones is 1. The van der Waals surface area contributed by atoms with Gasteiger partial charge in [-0.1, -0.05) is 56.9 Å². The maximum Gasteiger partial charge on any atom is 0.303 e. The van der Waals surface area contributed by atoms with Gasteiger partial charge < -0.3 is 10.2 Å². The van der Waals surface area contributed by atoms with Crippen molar-refractivity contribution in [3.8, 4) is 0 Å². The molecule has 1 saturated carbocycles. The summed E-state index contributed by atoms with van der Waals surface area (Å²) in [7, 11) is 0. The minimum absolute atomic E-state index is 0.0132. The minimum Gasteiger partial charge on any atom is -0.481 e. The normalized spacial score (nSPS) is 22.2. The quantitative estimate of drug-likeness (QED) is 0.374. The van der Waals surface area contributed by atoms with Gasteiger partial charge in [0.2, 0.25) is 0 Å². The predicted octanol–water partition coefficient (Wildman–Crippen LogP) is 4.67.